The molecule has 0 radical (unpaired) electrons. The summed E-state index contributed by atoms with van der Waals surface area (Å²) in [5, 5.41) is 24.2. The average Bonchev–Trinajstić information content (AvgIpc) is 3.96. The zero-order chi connectivity index (χ0) is 55.6. The number of methoxy groups -OCH3 is 2. The fourth-order valence-electron chi connectivity index (χ4n) is 7.45. The van der Waals surface area contributed by atoms with E-state index in [1.807, 2.05) is 32.9 Å². The highest BCUT2D eigenvalue weighted by molar-refractivity contribution is 7.57. The van der Waals surface area contributed by atoms with Crippen LogP contribution in [0, 0.1) is 13.8 Å². The highest BCUT2D eigenvalue weighted by Crippen LogP contribution is 2.46. The Morgan fingerprint density at radius 2 is 1.16 bits per heavy atom. The molecule has 4 aromatic rings. The van der Waals surface area contributed by atoms with Gasteiger partial charge in [0.05, 0.1) is 40.1 Å². The molecule has 6 N–H and O–H groups in total. The van der Waals surface area contributed by atoms with Crippen molar-refractivity contribution in [2.45, 2.75) is 93.5 Å². The minimum atomic E-state index is -3.95. The van der Waals surface area contributed by atoms with Gasteiger partial charge in [0.1, 0.15) is 77.0 Å². The molecule has 2 aliphatic heterocycles. The van der Waals surface area contributed by atoms with E-state index >= 15 is 0 Å². The molecule has 0 spiro atoms. The van der Waals surface area contributed by atoms with Gasteiger partial charge in [0.2, 0.25) is 0 Å². The van der Waals surface area contributed by atoms with Crippen molar-refractivity contribution < 1.29 is 85.6 Å². The molecule has 6 rings (SSSR count). The SMILES string of the molecule is CCOC(=O)[C@H](C)N.COc1c(C)c2c(c(O)c1C/C=C(\C)COCP(=O)(N[C@@H](C)C(C)=O)Oc1ccccc1)C(=O)OC2.COc1c(C)c2c(c(O)c1C/C=C(\C)COCP(=O)(O)Oc1ccccc1)C(=O)OC2. The van der Waals surface area contributed by atoms with Crippen LogP contribution in [0.15, 0.2) is 84.0 Å². The number of rotatable bonds is 23. The number of hydrogen-bond acceptors (Lipinski definition) is 18. The van der Waals surface area contributed by atoms with Crippen molar-refractivity contribution >= 4 is 38.8 Å². The Balaban J connectivity index is 0.000000285. The van der Waals surface area contributed by atoms with Crippen molar-refractivity contribution in [2.75, 3.05) is 46.7 Å². The third-order valence-corrected chi connectivity index (χ3v) is 14.2. The van der Waals surface area contributed by atoms with E-state index in [1.165, 1.54) is 21.1 Å². The maximum atomic E-state index is 13.4. The Morgan fingerprint density at radius 3 is 1.55 bits per heavy atom. The van der Waals surface area contributed by atoms with Crippen LogP contribution in [-0.4, -0.2) is 97.6 Å². The summed E-state index contributed by atoms with van der Waals surface area (Å²) in [6.45, 7) is 14.5. The van der Waals surface area contributed by atoms with Crippen molar-refractivity contribution in [3.8, 4) is 34.5 Å². The zero-order valence-electron chi connectivity index (χ0n) is 43.9. The summed E-state index contributed by atoms with van der Waals surface area (Å²) in [5.41, 5.74) is 10.8. The van der Waals surface area contributed by atoms with Crippen molar-refractivity contribution in [2.24, 2.45) is 5.73 Å². The summed E-state index contributed by atoms with van der Waals surface area (Å²) >= 11 is 0. The van der Waals surface area contributed by atoms with Gasteiger partial charge in [0, 0.05) is 22.3 Å². The number of carbonyl (C=O) groups is 4. The van der Waals surface area contributed by atoms with Crippen molar-refractivity contribution in [1.82, 2.24) is 5.09 Å². The Labute approximate surface area is 437 Å². The summed E-state index contributed by atoms with van der Waals surface area (Å²) in [6.07, 6.45) is 3.46. The molecular weight excluding hydrogens is 1010 g/mol. The molecule has 0 bridgehead atoms. The van der Waals surface area contributed by atoms with Crippen LogP contribution in [0.1, 0.15) is 95.6 Å². The molecular formula is C53H68N2O18P2. The van der Waals surface area contributed by atoms with Gasteiger partial charge in [-0.2, -0.15) is 0 Å². The van der Waals surface area contributed by atoms with Gasteiger partial charge in [0.25, 0.3) is 0 Å². The molecule has 4 atom stereocenters. The van der Waals surface area contributed by atoms with E-state index in [2.05, 4.69) is 9.82 Å². The topological polar surface area (TPSA) is 284 Å². The minimum absolute atomic E-state index is 0.0950. The predicted octanol–water partition coefficient (Wildman–Crippen LogP) is 8.69. The molecule has 0 saturated carbocycles. The second-order valence-electron chi connectivity index (χ2n) is 17.4. The maximum absolute atomic E-state index is 13.4. The molecule has 2 aliphatic rings. The van der Waals surface area contributed by atoms with Gasteiger partial charge in [-0.3, -0.25) is 14.2 Å². The number of allylic oxidation sites excluding steroid dienone is 2. The van der Waals surface area contributed by atoms with E-state index in [4.69, 9.17) is 43.2 Å². The van der Waals surface area contributed by atoms with Crippen LogP contribution < -0.4 is 29.3 Å². The van der Waals surface area contributed by atoms with E-state index in [0.29, 0.717) is 46.1 Å². The molecule has 0 aromatic heterocycles. The molecule has 75 heavy (non-hydrogen) atoms. The molecule has 408 valence electrons. The smallest absolute Gasteiger partial charge is 0.402 e. The van der Waals surface area contributed by atoms with Crippen LogP contribution in [0.25, 0.3) is 0 Å². The number of nitrogens with two attached hydrogens (primary N) is 1. The van der Waals surface area contributed by atoms with Crippen LogP contribution >= 0.6 is 15.1 Å². The highest BCUT2D eigenvalue weighted by atomic mass is 31.2. The van der Waals surface area contributed by atoms with Crippen LogP contribution in [0.5, 0.6) is 34.5 Å². The molecule has 0 amide bonds. The first-order valence-electron chi connectivity index (χ1n) is 23.7. The standard InChI is InChI=1S/C26H32NO8P.C22H25O8P.C5H11NO2/c1-16(11-12-21-24(29)23-22(14-34-26(23)30)17(2)25(21)32-5)13-33-15-36(31,27-18(3)19(4)28)35-20-9-7-6-8-10-20;1-14(11-28-13-31(25,26)30-16-7-5-4-6-8-16)9-10-17-20(23)19-18(12-29-22(19)24)15(2)21(17)27-3;1-3-8-5(7)4(2)6/h6-11,18,29H,12-15H2,1-5H3,(H,27,31);4-9,23H,10-13H2,1-3H3,(H,25,26);4H,3,6H2,1-2H3/b16-11+;14-9+;/t18-,36?;;4-/m0.0/s1. The lowest BCUT2D eigenvalue weighted by molar-refractivity contribution is -0.144. The summed E-state index contributed by atoms with van der Waals surface area (Å²) in [4.78, 5) is 56.1. The summed E-state index contributed by atoms with van der Waals surface area (Å²) in [6, 6.07) is 15.9. The molecule has 20 nitrogen and oxygen atoms in total. The molecule has 22 heteroatoms. The number of phenols is 2. The Hall–Kier alpha value is -6.50. The number of cyclic esters (lactones) is 2. The number of hydrogen-bond donors (Lipinski definition) is 5. The average molecular weight is 1080 g/mol. The lowest BCUT2D eigenvalue weighted by Gasteiger charge is -2.23. The fourth-order valence-corrected chi connectivity index (χ4v) is 10.0. The largest absolute Gasteiger partial charge is 0.507 e. The second kappa shape index (κ2) is 28.4. The van der Waals surface area contributed by atoms with Crippen LogP contribution in [-0.2, 0) is 68.5 Å². The van der Waals surface area contributed by atoms with Gasteiger partial charge >= 0.3 is 33.0 Å². The number of nitrogens with one attached hydrogen (secondary N) is 1. The fraction of sp³-hybridized carbons (Fsp3) is 0.396. The molecule has 2 heterocycles. The van der Waals surface area contributed by atoms with Crippen LogP contribution in [0.4, 0.5) is 0 Å². The quantitative estimate of drug-likeness (QED) is 0.0201. The van der Waals surface area contributed by atoms with E-state index in [1.54, 1.807) is 88.4 Å². The number of para-hydroxylation sites is 2. The maximum Gasteiger partial charge on any atom is 0.402 e. The van der Waals surface area contributed by atoms with E-state index in [-0.39, 0.29) is 85.7 Å². The van der Waals surface area contributed by atoms with Crippen LogP contribution in [0.3, 0.4) is 0 Å². The lowest BCUT2D eigenvalue weighted by Crippen LogP contribution is -2.32. The number of aromatic hydroxyl groups is 2. The monoisotopic (exact) mass is 1080 g/mol. The predicted molar refractivity (Wildman–Crippen MR) is 279 cm³/mol. The van der Waals surface area contributed by atoms with Gasteiger partial charge in [-0.1, -0.05) is 59.7 Å². The number of ketones is 1. The van der Waals surface area contributed by atoms with Crippen LogP contribution in [0.2, 0.25) is 0 Å². The minimum Gasteiger partial charge on any atom is -0.507 e. The molecule has 2 unspecified atom stereocenters. The van der Waals surface area contributed by atoms with Gasteiger partial charge in [-0.25, -0.2) is 19.2 Å². The van der Waals surface area contributed by atoms with Crippen molar-refractivity contribution in [3.63, 3.8) is 0 Å². The first-order chi connectivity index (χ1) is 35.5. The van der Waals surface area contributed by atoms with E-state index in [9.17, 15) is 43.4 Å². The third-order valence-electron chi connectivity index (χ3n) is 11.4. The van der Waals surface area contributed by atoms with Gasteiger partial charge in [0.15, 0.2) is 6.35 Å². The summed E-state index contributed by atoms with van der Waals surface area (Å²) < 4.78 is 73.1. The van der Waals surface area contributed by atoms with Gasteiger partial charge in [-0.05, 0) is 104 Å². The number of fused-ring (bicyclic) bond motifs is 2. The van der Waals surface area contributed by atoms with E-state index in [0.717, 1.165) is 22.3 Å². The number of ether oxygens (including phenoxy) is 7. The Bertz CT molecular complexity index is 2820. The third kappa shape index (κ3) is 17.3. The summed E-state index contributed by atoms with van der Waals surface area (Å²) in [7, 11) is -4.50. The van der Waals surface area contributed by atoms with Gasteiger partial charge in [-0.15, -0.1) is 0 Å². The summed E-state index contributed by atoms with van der Waals surface area (Å²) in [5.74, 6) is -0.249. The highest BCUT2D eigenvalue weighted by Gasteiger charge is 2.34. The van der Waals surface area contributed by atoms with E-state index < -0.39 is 45.5 Å². The molecule has 0 fully saturated rings. The van der Waals surface area contributed by atoms with Gasteiger partial charge < -0.3 is 63.0 Å². The number of phenolic OH excluding ortho intramolecular Hbond substituents is 2. The number of benzene rings is 4. The molecule has 0 aliphatic carbocycles. The van der Waals surface area contributed by atoms with Crippen molar-refractivity contribution in [3.05, 3.63) is 128 Å². The molecule has 4 aromatic carbocycles. The van der Waals surface area contributed by atoms with Crippen molar-refractivity contribution in [1.29, 1.82) is 0 Å². The molecule has 0 saturated heterocycles. The Kier molecular flexibility index (Phi) is 23.1. The Morgan fingerprint density at radius 1 is 0.733 bits per heavy atom. The number of Topliss-reactive ketones (excluding diaryl/α,β-unsaturated/α-hetero) is 1. The lowest BCUT2D eigenvalue weighted by atomic mass is 9.95. The number of carbonyl (C=O) groups excluding carboxylic acids is 4. The number of esters is 3. The second-order valence-corrected chi connectivity index (χ2v) is 21.2. The zero-order valence-corrected chi connectivity index (χ0v) is 45.7. The first-order valence-corrected chi connectivity index (χ1v) is 27.3. The first kappa shape index (κ1) is 61.1. The normalized spacial score (nSPS) is 15.1.